The lowest BCUT2D eigenvalue weighted by molar-refractivity contribution is 0.660. The first-order valence-electron chi connectivity index (χ1n) is 11.0. The molecule has 1 aliphatic rings. The van der Waals surface area contributed by atoms with Gasteiger partial charge in [0.05, 0.1) is 15.7 Å². The average molecular weight is 409 g/mol. The van der Waals surface area contributed by atoms with Gasteiger partial charge in [0, 0.05) is 22.4 Å². The summed E-state index contributed by atoms with van der Waals surface area (Å²) in [4.78, 5) is 0. The van der Waals surface area contributed by atoms with Gasteiger partial charge in [0.15, 0.2) is 0 Å². The highest BCUT2D eigenvalue weighted by Crippen LogP contribution is 2.49. The smallest absolute Gasteiger partial charge is 0.0679 e. The topological polar surface area (TPSA) is 12.0 Å². The van der Waals surface area contributed by atoms with E-state index in [1.165, 1.54) is 22.3 Å². The zero-order valence-corrected chi connectivity index (χ0v) is 18.8. The molecule has 0 heterocycles. The summed E-state index contributed by atoms with van der Waals surface area (Å²) < 4.78 is 0. The summed E-state index contributed by atoms with van der Waals surface area (Å²) in [5.41, 5.74) is 10.7. The lowest BCUT2D eigenvalue weighted by atomic mass is 9.52. The van der Waals surface area contributed by atoms with Gasteiger partial charge in [-0.3, -0.25) is 0 Å². The molecule has 5 rings (SSSR count). The van der Waals surface area contributed by atoms with Gasteiger partial charge in [0.1, 0.15) is 0 Å². The maximum absolute atomic E-state index is 6.04. The minimum absolute atomic E-state index is 0.0178. The Balaban J connectivity index is 1.50. The molecule has 0 spiro atoms. The van der Waals surface area contributed by atoms with Crippen LogP contribution in [0, 0.1) is 0 Å². The second-order valence-electron chi connectivity index (χ2n) is 9.46. The van der Waals surface area contributed by atoms with Crippen LogP contribution in [-0.2, 0) is 10.6 Å². The molecule has 0 amide bonds. The summed E-state index contributed by atoms with van der Waals surface area (Å²) in [5, 5.41) is 2.82. The SMILES string of the molecule is [B]C([B])(C)c1ccc(-c2ccccc2Nc2ccc3c(c2)C(C)(C)c2ccccc2-3)cc1. The van der Waals surface area contributed by atoms with Crippen LogP contribution in [0.5, 0.6) is 0 Å². The number of hydrogen-bond donors (Lipinski definition) is 1. The van der Waals surface area contributed by atoms with Crippen molar-refractivity contribution in [1.82, 2.24) is 0 Å². The number of anilines is 2. The molecular formula is C29H25B2N. The zero-order valence-electron chi connectivity index (χ0n) is 18.8. The molecule has 0 bridgehead atoms. The molecule has 0 saturated heterocycles. The number of nitrogens with one attached hydrogen (secondary N) is 1. The van der Waals surface area contributed by atoms with E-state index in [4.69, 9.17) is 15.7 Å². The predicted molar refractivity (Wildman–Crippen MR) is 138 cm³/mol. The van der Waals surface area contributed by atoms with Gasteiger partial charge < -0.3 is 5.32 Å². The Morgan fingerprint density at radius 3 is 2.03 bits per heavy atom. The van der Waals surface area contributed by atoms with E-state index < -0.39 is 5.21 Å². The van der Waals surface area contributed by atoms with E-state index in [-0.39, 0.29) is 5.41 Å². The lowest BCUT2D eigenvalue weighted by Crippen LogP contribution is -2.21. The van der Waals surface area contributed by atoms with Gasteiger partial charge in [0.2, 0.25) is 0 Å². The van der Waals surface area contributed by atoms with Gasteiger partial charge in [-0.2, -0.15) is 0 Å². The number of fused-ring (bicyclic) bond motifs is 3. The molecule has 0 unspecified atom stereocenters. The molecule has 3 heteroatoms. The standard InChI is InChI=1S/C29H25B2N/c1-28(2)25-10-6-4-9-23(25)24-17-16-21(18-26(24)28)32-27-11-7-5-8-22(27)19-12-14-20(15-13-19)29(3,30)31/h4-18,32H,1-3H3. The number of rotatable bonds is 4. The average Bonchev–Trinajstić information content (AvgIpc) is 3.01. The highest BCUT2D eigenvalue weighted by molar-refractivity contribution is 6.39. The van der Waals surface area contributed by atoms with Crippen LogP contribution in [0.1, 0.15) is 37.5 Å². The molecule has 4 aromatic carbocycles. The molecular weight excluding hydrogens is 384 g/mol. The van der Waals surface area contributed by atoms with E-state index in [1.807, 2.05) is 19.1 Å². The minimum atomic E-state index is -0.842. The first-order valence-corrected chi connectivity index (χ1v) is 11.0. The first kappa shape index (κ1) is 20.7. The van der Waals surface area contributed by atoms with E-state index in [0.717, 1.165) is 28.1 Å². The summed E-state index contributed by atoms with van der Waals surface area (Å²) in [6.45, 7) is 6.42. The van der Waals surface area contributed by atoms with Crippen molar-refractivity contribution in [2.24, 2.45) is 0 Å². The molecule has 4 radical (unpaired) electrons. The summed E-state index contributed by atoms with van der Waals surface area (Å²) in [7, 11) is 12.1. The Morgan fingerprint density at radius 2 is 1.31 bits per heavy atom. The summed E-state index contributed by atoms with van der Waals surface area (Å²) in [5.74, 6) is 0. The summed E-state index contributed by atoms with van der Waals surface area (Å²) in [6.07, 6.45) is 0. The highest BCUT2D eigenvalue weighted by Gasteiger charge is 2.35. The Hall–Kier alpha value is -3.19. The molecule has 1 nitrogen and oxygen atoms in total. The van der Waals surface area contributed by atoms with Crippen molar-refractivity contribution in [3.05, 3.63) is 108 Å². The monoisotopic (exact) mass is 409 g/mol. The van der Waals surface area contributed by atoms with Crippen LogP contribution >= 0.6 is 0 Å². The quantitative estimate of drug-likeness (QED) is 0.361. The largest absolute Gasteiger partial charge is 0.355 e. The van der Waals surface area contributed by atoms with Crippen LogP contribution in [0.4, 0.5) is 11.4 Å². The molecule has 0 fully saturated rings. The van der Waals surface area contributed by atoms with E-state index in [9.17, 15) is 0 Å². The van der Waals surface area contributed by atoms with Gasteiger partial charge in [-0.05, 0) is 46.0 Å². The van der Waals surface area contributed by atoms with Crippen molar-refractivity contribution in [3.63, 3.8) is 0 Å². The Morgan fingerprint density at radius 1 is 0.688 bits per heavy atom. The number of hydrogen-bond acceptors (Lipinski definition) is 1. The van der Waals surface area contributed by atoms with Crippen LogP contribution < -0.4 is 5.32 Å². The molecule has 32 heavy (non-hydrogen) atoms. The molecule has 0 atom stereocenters. The molecule has 4 aromatic rings. The van der Waals surface area contributed by atoms with Gasteiger partial charge >= 0.3 is 0 Å². The van der Waals surface area contributed by atoms with Crippen LogP contribution in [-0.4, -0.2) is 15.7 Å². The maximum Gasteiger partial charge on any atom is 0.0679 e. The van der Waals surface area contributed by atoms with Gasteiger partial charge in [0.25, 0.3) is 0 Å². The van der Waals surface area contributed by atoms with Crippen LogP contribution in [0.2, 0.25) is 0 Å². The molecule has 1 aliphatic carbocycles. The second kappa shape index (κ2) is 7.45. The van der Waals surface area contributed by atoms with Gasteiger partial charge in [-0.1, -0.05) is 104 Å². The lowest BCUT2D eigenvalue weighted by Gasteiger charge is -2.22. The van der Waals surface area contributed by atoms with Crippen LogP contribution in [0.25, 0.3) is 22.3 Å². The molecule has 152 valence electrons. The third-order valence-electron chi connectivity index (χ3n) is 6.61. The summed E-state index contributed by atoms with van der Waals surface area (Å²) >= 11 is 0. The van der Waals surface area contributed by atoms with E-state index >= 15 is 0 Å². The maximum atomic E-state index is 6.04. The minimum Gasteiger partial charge on any atom is -0.355 e. The summed E-state index contributed by atoms with van der Waals surface area (Å²) in [6, 6.07) is 32.0. The van der Waals surface area contributed by atoms with Crippen molar-refractivity contribution in [2.45, 2.75) is 31.4 Å². The fourth-order valence-corrected chi connectivity index (χ4v) is 4.79. The van der Waals surface area contributed by atoms with Crippen molar-refractivity contribution in [2.75, 3.05) is 5.32 Å². The zero-order chi connectivity index (χ0) is 22.5. The van der Waals surface area contributed by atoms with Crippen molar-refractivity contribution < 1.29 is 0 Å². The van der Waals surface area contributed by atoms with E-state index in [0.29, 0.717) is 0 Å². The Labute approximate surface area is 193 Å². The third-order valence-corrected chi connectivity index (χ3v) is 6.61. The first-order chi connectivity index (χ1) is 15.2. The van der Waals surface area contributed by atoms with Crippen molar-refractivity contribution in [3.8, 4) is 22.3 Å². The van der Waals surface area contributed by atoms with Crippen molar-refractivity contribution >= 4 is 27.1 Å². The van der Waals surface area contributed by atoms with E-state index in [2.05, 4.69) is 98.0 Å². The predicted octanol–water partition coefficient (Wildman–Crippen LogP) is 6.91. The highest BCUT2D eigenvalue weighted by atomic mass is 14.9. The number of benzene rings is 4. The number of para-hydroxylation sites is 1. The normalized spacial score (nSPS) is 14.0. The Bertz CT molecular complexity index is 1300. The van der Waals surface area contributed by atoms with Crippen molar-refractivity contribution in [1.29, 1.82) is 0 Å². The van der Waals surface area contributed by atoms with Crippen LogP contribution in [0.15, 0.2) is 91.0 Å². The molecule has 0 aliphatic heterocycles. The fraction of sp³-hybridized carbons (Fsp3) is 0.172. The third kappa shape index (κ3) is 3.46. The van der Waals surface area contributed by atoms with Crippen LogP contribution in [0.3, 0.4) is 0 Å². The molecule has 0 aromatic heterocycles. The van der Waals surface area contributed by atoms with Gasteiger partial charge in [-0.25, -0.2) is 0 Å². The molecule has 1 N–H and O–H groups in total. The Kier molecular flexibility index (Phi) is 4.82. The second-order valence-corrected chi connectivity index (χ2v) is 9.46. The van der Waals surface area contributed by atoms with Gasteiger partial charge in [-0.15, -0.1) is 0 Å². The molecule has 0 saturated carbocycles. The van der Waals surface area contributed by atoms with E-state index in [1.54, 1.807) is 0 Å². The fourth-order valence-electron chi connectivity index (χ4n) is 4.79.